The summed E-state index contributed by atoms with van der Waals surface area (Å²) >= 11 is 19.1. The number of aryl methyl sites for hydroxylation is 1. The van der Waals surface area contributed by atoms with E-state index in [-0.39, 0.29) is 35.5 Å². The fourth-order valence-corrected chi connectivity index (χ4v) is 7.04. The van der Waals surface area contributed by atoms with Crippen molar-refractivity contribution in [3.05, 3.63) is 129 Å². The molecular formula is C35H36Cl3N3O4S. The van der Waals surface area contributed by atoms with E-state index in [0.29, 0.717) is 32.6 Å². The highest BCUT2D eigenvalue weighted by molar-refractivity contribution is 7.92. The van der Waals surface area contributed by atoms with Crippen LogP contribution in [0.2, 0.25) is 15.1 Å². The lowest BCUT2D eigenvalue weighted by Gasteiger charge is -2.34. The average molecular weight is 701 g/mol. The van der Waals surface area contributed by atoms with Crippen LogP contribution < -0.4 is 9.62 Å². The molecule has 0 saturated heterocycles. The molecule has 0 aliphatic rings. The molecule has 0 aliphatic heterocycles. The maximum atomic E-state index is 14.6. The van der Waals surface area contributed by atoms with Gasteiger partial charge < -0.3 is 10.2 Å². The molecule has 4 aromatic rings. The normalized spacial score (nSPS) is 12.7. The van der Waals surface area contributed by atoms with Crippen LogP contribution in [0.25, 0.3) is 0 Å². The largest absolute Gasteiger partial charge is 0.352 e. The van der Waals surface area contributed by atoms with Crippen LogP contribution in [-0.2, 0) is 32.6 Å². The second kappa shape index (κ2) is 15.8. The topological polar surface area (TPSA) is 86.8 Å². The van der Waals surface area contributed by atoms with Crippen molar-refractivity contribution in [3.8, 4) is 0 Å². The number of halogens is 3. The summed E-state index contributed by atoms with van der Waals surface area (Å²) in [5.74, 6) is -0.974. The summed E-state index contributed by atoms with van der Waals surface area (Å²) in [5.41, 5.74) is 2.22. The standard InChI is InChI=1S/C35H36Cl3N3O4S/c1-4-25(3)39-35(43)33(19-26-11-7-5-8-12-26)40(22-27-16-18-28(36)20-31(27)38)34(42)23-41(32-21-29(37)17-15-24(32)2)46(44,45)30-13-9-6-10-14-30/h5-18,20-21,25,33H,4,19,22-23H2,1-3H3,(H,39,43). The third-order valence-corrected chi connectivity index (χ3v) is 10.3. The lowest BCUT2D eigenvalue weighted by Crippen LogP contribution is -2.54. The first kappa shape index (κ1) is 35.3. The molecule has 1 N–H and O–H groups in total. The van der Waals surface area contributed by atoms with Crippen LogP contribution in [0.5, 0.6) is 0 Å². The third kappa shape index (κ3) is 8.82. The van der Waals surface area contributed by atoms with Gasteiger partial charge in [0, 0.05) is 34.1 Å². The summed E-state index contributed by atoms with van der Waals surface area (Å²) in [6, 6.07) is 25.8. The Morgan fingerprint density at radius 3 is 2.09 bits per heavy atom. The molecule has 0 bridgehead atoms. The quantitative estimate of drug-likeness (QED) is 0.155. The molecular weight excluding hydrogens is 665 g/mol. The number of hydrogen-bond donors (Lipinski definition) is 1. The maximum absolute atomic E-state index is 14.6. The van der Waals surface area contributed by atoms with Gasteiger partial charge in [-0.2, -0.15) is 0 Å². The number of nitrogens with zero attached hydrogens (tertiary/aromatic N) is 2. The van der Waals surface area contributed by atoms with Gasteiger partial charge in [0.2, 0.25) is 11.8 Å². The molecule has 0 fully saturated rings. The summed E-state index contributed by atoms with van der Waals surface area (Å²) in [6.45, 7) is 4.90. The molecule has 0 aliphatic carbocycles. The van der Waals surface area contributed by atoms with Crippen molar-refractivity contribution >= 4 is 62.3 Å². The average Bonchev–Trinajstić information content (AvgIpc) is 3.04. The first-order chi connectivity index (χ1) is 21.9. The maximum Gasteiger partial charge on any atom is 0.264 e. The van der Waals surface area contributed by atoms with Gasteiger partial charge >= 0.3 is 0 Å². The van der Waals surface area contributed by atoms with Gasteiger partial charge in [0.1, 0.15) is 12.6 Å². The number of benzene rings is 4. The molecule has 46 heavy (non-hydrogen) atoms. The number of carbonyl (C=O) groups excluding carboxylic acids is 2. The van der Waals surface area contributed by atoms with Crippen molar-refractivity contribution in [2.75, 3.05) is 10.8 Å². The number of sulfonamides is 1. The van der Waals surface area contributed by atoms with Gasteiger partial charge in [-0.1, -0.05) is 102 Å². The van der Waals surface area contributed by atoms with Gasteiger partial charge in [-0.3, -0.25) is 13.9 Å². The van der Waals surface area contributed by atoms with E-state index < -0.39 is 28.5 Å². The molecule has 7 nitrogen and oxygen atoms in total. The SMILES string of the molecule is CCC(C)NC(=O)C(Cc1ccccc1)N(Cc1ccc(Cl)cc1Cl)C(=O)CN(c1cc(Cl)ccc1C)S(=O)(=O)c1ccccc1. The van der Waals surface area contributed by atoms with Crippen LogP contribution in [-0.4, -0.2) is 43.8 Å². The predicted octanol–water partition coefficient (Wildman–Crippen LogP) is 7.71. The molecule has 11 heteroatoms. The predicted molar refractivity (Wildman–Crippen MR) is 186 cm³/mol. The molecule has 2 amide bonds. The van der Waals surface area contributed by atoms with Crippen LogP contribution in [0, 0.1) is 6.92 Å². The van der Waals surface area contributed by atoms with Gasteiger partial charge in [-0.15, -0.1) is 0 Å². The van der Waals surface area contributed by atoms with E-state index in [2.05, 4.69) is 5.32 Å². The highest BCUT2D eigenvalue weighted by Crippen LogP contribution is 2.31. The summed E-state index contributed by atoms with van der Waals surface area (Å²) in [5, 5.41) is 4.05. The minimum atomic E-state index is -4.25. The molecule has 4 aromatic carbocycles. The molecule has 0 heterocycles. The highest BCUT2D eigenvalue weighted by Gasteiger charge is 2.35. The molecule has 242 valence electrons. The summed E-state index contributed by atoms with van der Waals surface area (Å²) in [4.78, 5) is 30.0. The number of anilines is 1. The zero-order chi connectivity index (χ0) is 33.4. The molecule has 0 aromatic heterocycles. The van der Waals surface area contributed by atoms with Gasteiger partial charge in [0.25, 0.3) is 10.0 Å². The number of carbonyl (C=O) groups is 2. The van der Waals surface area contributed by atoms with E-state index in [4.69, 9.17) is 34.8 Å². The summed E-state index contributed by atoms with van der Waals surface area (Å²) < 4.78 is 29.4. The van der Waals surface area contributed by atoms with Gasteiger partial charge in [-0.25, -0.2) is 8.42 Å². The van der Waals surface area contributed by atoms with Crippen molar-refractivity contribution in [2.45, 2.75) is 57.1 Å². The molecule has 0 saturated carbocycles. The van der Waals surface area contributed by atoms with Crippen LogP contribution in [0.15, 0.2) is 102 Å². The molecule has 4 rings (SSSR count). The smallest absolute Gasteiger partial charge is 0.264 e. The summed E-state index contributed by atoms with van der Waals surface area (Å²) in [6.07, 6.45) is 0.861. The Morgan fingerprint density at radius 1 is 0.848 bits per heavy atom. The Kier molecular flexibility index (Phi) is 12.1. The first-order valence-electron chi connectivity index (χ1n) is 14.8. The van der Waals surface area contributed by atoms with Crippen molar-refractivity contribution in [1.29, 1.82) is 0 Å². The van der Waals surface area contributed by atoms with E-state index in [1.807, 2.05) is 44.2 Å². The zero-order valence-corrected chi connectivity index (χ0v) is 28.9. The Labute approximate surface area is 286 Å². The molecule has 0 radical (unpaired) electrons. The number of nitrogens with one attached hydrogen (secondary N) is 1. The van der Waals surface area contributed by atoms with Crippen molar-refractivity contribution in [3.63, 3.8) is 0 Å². The van der Waals surface area contributed by atoms with E-state index >= 15 is 0 Å². The van der Waals surface area contributed by atoms with Crippen molar-refractivity contribution in [1.82, 2.24) is 10.2 Å². The summed E-state index contributed by atoms with van der Waals surface area (Å²) in [7, 11) is -4.25. The second-order valence-electron chi connectivity index (χ2n) is 11.0. The lowest BCUT2D eigenvalue weighted by atomic mass is 10.0. The van der Waals surface area contributed by atoms with Crippen LogP contribution in [0.3, 0.4) is 0 Å². The second-order valence-corrected chi connectivity index (χ2v) is 14.2. The minimum Gasteiger partial charge on any atom is -0.352 e. The van der Waals surface area contributed by atoms with E-state index in [1.165, 1.54) is 23.1 Å². The fraction of sp³-hybridized carbons (Fsp3) is 0.257. The Morgan fingerprint density at radius 2 is 1.46 bits per heavy atom. The highest BCUT2D eigenvalue weighted by atomic mass is 35.5. The number of amides is 2. The fourth-order valence-electron chi connectivity index (χ4n) is 4.91. The first-order valence-corrected chi connectivity index (χ1v) is 17.4. The Hall–Kier alpha value is -3.56. The monoisotopic (exact) mass is 699 g/mol. The number of hydrogen-bond acceptors (Lipinski definition) is 4. The number of rotatable bonds is 13. The van der Waals surface area contributed by atoms with E-state index in [0.717, 1.165) is 9.87 Å². The van der Waals surface area contributed by atoms with Crippen molar-refractivity contribution in [2.24, 2.45) is 0 Å². The minimum absolute atomic E-state index is 0.00446. The lowest BCUT2D eigenvalue weighted by molar-refractivity contribution is -0.140. The third-order valence-electron chi connectivity index (χ3n) is 7.68. The van der Waals surface area contributed by atoms with Crippen LogP contribution in [0.1, 0.15) is 37.0 Å². The molecule has 2 atom stereocenters. The molecule has 2 unspecified atom stereocenters. The van der Waals surface area contributed by atoms with Crippen LogP contribution >= 0.6 is 34.8 Å². The van der Waals surface area contributed by atoms with Gasteiger partial charge in [0.15, 0.2) is 0 Å². The Bertz CT molecular complexity index is 1770. The van der Waals surface area contributed by atoms with Crippen LogP contribution in [0.4, 0.5) is 5.69 Å². The van der Waals surface area contributed by atoms with Crippen molar-refractivity contribution < 1.29 is 18.0 Å². The van der Waals surface area contributed by atoms with E-state index in [9.17, 15) is 18.0 Å². The molecule has 0 spiro atoms. The van der Waals surface area contributed by atoms with E-state index in [1.54, 1.807) is 55.5 Å². The Balaban J connectivity index is 1.85. The van der Waals surface area contributed by atoms with Gasteiger partial charge in [0.05, 0.1) is 10.6 Å². The van der Waals surface area contributed by atoms with Gasteiger partial charge in [-0.05, 0) is 73.4 Å². The zero-order valence-electron chi connectivity index (χ0n) is 25.8.